The van der Waals surface area contributed by atoms with E-state index in [0.717, 1.165) is 37.6 Å². The average Bonchev–Trinajstić information content (AvgIpc) is 2.40. The molecule has 0 aliphatic carbocycles. The number of hydrogen-bond donors (Lipinski definition) is 2. The second-order valence-corrected chi connectivity index (χ2v) is 5.20. The van der Waals surface area contributed by atoms with E-state index in [0.29, 0.717) is 12.5 Å². The monoisotopic (exact) mass is 250 g/mol. The van der Waals surface area contributed by atoms with E-state index in [2.05, 4.69) is 29.1 Å². The summed E-state index contributed by atoms with van der Waals surface area (Å²) in [5, 5.41) is 3.48. The van der Waals surface area contributed by atoms with Crippen molar-refractivity contribution in [3.8, 4) is 0 Å². The number of nitrogens with one attached hydrogen (secondary N) is 1. The molecule has 5 heteroatoms. The van der Waals surface area contributed by atoms with Crippen LogP contribution in [0, 0.1) is 0 Å². The Balaban J connectivity index is 2.13. The summed E-state index contributed by atoms with van der Waals surface area (Å²) in [5.74, 6) is 1.26. The summed E-state index contributed by atoms with van der Waals surface area (Å²) in [6, 6.07) is 2.01. The van der Waals surface area contributed by atoms with Crippen LogP contribution >= 0.6 is 0 Å². The van der Waals surface area contributed by atoms with Crippen LogP contribution < -0.4 is 11.1 Å². The predicted molar refractivity (Wildman–Crippen MR) is 71.6 cm³/mol. The molecule has 1 aliphatic heterocycles. The number of hydrogen-bond acceptors (Lipinski definition) is 5. The van der Waals surface area contributed by atoms with E-state index < -0.39 is 0 Å². The number of nitrogens with zero attached hydrogens (tertiary/aromatic N) is 2. The molecule has 2 rings (SSSR count). The van der Waals surface area contributed by atoms with Gasteiger partial charge >= 0.3 is 0 Å². The van der Waals surface area contributed by atoms with E-state index in [1.54, 1.807) is 6.33 Å². The summed E-state index contributed by atoms with van der Waals surface area (Å²) in [7, 11) is 0. The van der Waals surface area contributed by atoms with Crippen molar-refractivity contribution in [2.75, 3.05) is 25.1 Å². The SMILES string of the molecule is CC(C)c1cc(NC2(CN)CCOCC2)ncn1. The molecule has 0 atom stereocenters. The third-order valence-electron chi connectivity index (χ3n) is 3.51. The number of anilines is 1. The second kappa shape index (κ2) is 5.63. The van der Waals surface area contributed by atoms with Gasteiger partial charge in [-0.2, -0.15) is 0 Å². The molecule has 0 aromatic carbocycles. The Kier molecular flexibility index (Phi) is 4.14. The molecule has 5 nitrogen and oxygen atoms in total. The second-order valence-electron chi connectivity index (χ2n) is 5.20. The van der Waals surface area contributed by atoms with Gasteiger partial charge in [-0.25, -0.2) is 9.97 Å². The standard InChI is InChI=1S/C13H22N4O/c1-10(2)11-7-12(16-9-15-11)17-13(8-14)3-5-18-6-4-13/h7,9-10H,3-6,8,14H2,1-2H3,(H,15,16,17). The number of aromatic nitrogens is 2. The van der Waals surface area contributed by atoms with Crippen LogP contribution in [-0.4, -0.2) is 35.3 Å². The predicted octanol–water partition coefficient (Wildman–Crippen LogP) is 1.52. The van der Waals surface area contributed by atoms with Crippen LogP contribution in [0.15, 0.2) is 12.4 Å². The van der Waals surface area contributed by atoms with Crippen LogP contribution in [-0.2, 0) is 4.74 Å². The molecule has 0 unspecified atom stereocenters. The van der Waals surface area contributed by atoms with E-state index in [1.165, 1.54) is 0 Å². The lowest BCUT2D eigenvalue weighted by Crippen LogP contribution is -2.49. The van der Waals surface area contributed by atoms with Crippen LogP contribution in [0.2, 0.25) is 0 Å². The van der Waals surface area contributed by atoms with Gasteiger partial charge in [0, 0.05) is 31.5 Å². The Bertz CT molecular complexity index is 388. The molecule has 0 bridgehead atoms. The Morgan fingerprint density at radius 2 is 2.11 bits per heavy atom. The molecule has 100 valence electrons. The van der Waals surface area contributed by atoms with Gasteiger partial charge in [-0.05, 0) is 18.8 Å². The highest BCUT2D eigenvalue weighted by atomic mass is 16.5. The molecule has 1 fully saturated rings. The fourth-order valence-corrected chi connectivity index (χ4v) is 2.17. The fraction of sp³-hybridized carbons (Fsp3) is 0.692. The van der Waals surface area contributed by atoms with Gasteiger partial charge in [0.25, 0.3) is 0 Å². The van der Waals surface area contributed by atoms with Gasteiger partial charge in [0.1, 0.15) is 12.1 Å². The van der Waals surface area contributed by atoms with Crippen LogP contribution in [0.5, 0.6) is 0 Å². The molecule has 2 heterocycles. The minimum absolute atomic E-state index is 0.0825. The maximum absolute atomic E-state index is 5.92. The molecule has 1 aromatic rings. The zero-order valence-electron chi connectivity index (χ0n) is 11.1. The zero-order chi connectivity index (χ0) is 13.0. The Labute approximate surface area is 108 Å². The third-order valence-corrected chi connectivity index (χ3v) is 3.51. The van der Waals surface area contributed by atoms with E-state index in [9.17, 15) is 0 Å². The lowest BCUT2D eigenvalue weighted by Gasteiger charge is -2.37. The van der Waals surface area contributed by atoms with Crippen LogP contribution in [0.3, 0.4) is 0 Å². The number of rotatable bonds is 4. The Morgan fingerprint density at radius 1 is 1.39 bits per heavy atom. The summed E-state index contributed by atoms with van der Waals surface area (Å²) >= 11 is 0. The molecule has 0 saturated carbocycles. The first-order valence-corrected chi connectivity index (χ1v) is 6.53. The van der Waals surface area contributed by atoms with Crippen LogP contribution in [0.1, 0.15) is 38.3 Å². The highest BCUT2D eigenvalue weighted by Crippen LogP contribution is 2.25. The normalized spacial score (nSPS) is 18.9. The molecule has 18 heavy (non-hydrogen) atoms. The largest absolute Gasteiger partial charge is 0.381 e. The summed E-state index contributed by atoms with van der Waals surface area (Å²) < 4.78 is 5.40. The number of nitrogens with two attached hydrogens (primary N) is 1. The Hall–Kier alpha value is -1.20. The van der Waals surface area contributed by atoms with Crippen molar-refractivity contribution in [3.63, 3.8) is 0 Å². The van der Waals surface area contributed by atoms with Crippen molar-refractivity contribution >= 4 is 5.82 Å². The highest BCUT2D eigenvalue weighted by molar-refractivity contribution is 5.39. The summed E-state index contributed by atoms with van der Waals surface area (Å²) in [5.41, 5.74) is 6.89. The highest BCUT2D eigenvalue weighted by Gasteiger charge is 2.31. The summed E-state index contributed by atoms with van der Waals surface area (Å²) in [6.07, 6.45) is 3.45. The summed E-state index contributed by atoms with van der Waals surface area (Å²) in [4.78, 5) is 8.56. The minimum Gasteiger partial charge on any atom is -0.381 e. The van der Waals surface area contributed by atoms with E-state index in [1.807, 2.05) is 6.07 Å². The smallest absolute Gasteiger partial charge is 0.130 e. The van der Waals surface area contributed by atoms with Crippen molar-refractivity contribution in [1.82, 2.24) is 9.97 Å². The van der Waals surface area contributed by atoms with E-state index >= 15 is 0 Å². The van der Waals surface area contributed by atoms with Gasteiger partial charge < -0.3 is 15.8 Å². The molecule has 3 N–H and O–H groups in total. The average molecular weight is 250 g/mol. The lowest BCUT2D eigenvalue weighted by molar-refractivity contribution is 0.0627. The van der Waals surface area contributed by atoms with Gasteiger partial charge in [0.15, 0.2) is 0 Å². The first kappa shape index (κ1) is 13.2. The molecular weight excluding hydrogens is 228 g/mol. The van der Waals surface area contributed by atoms with Gasteiger partial charge in [0.2, 0.25) is 0 Å². The van der Waals surface area contributed by atoms with Crippen molar-refractivity contribution in [1.29, 1.82) is 0 Å². The fourth-order valence-electron chi connectivity index (χ4n) is 2.17. The van der Waals surface area contributed by atoms with Crippen molar-refractivity contribution in [2.24, 2.45) is 5.73 Å². The first-order chi connectivity index (χ1) is 8.65. The number of ether oxygens (including phenoxy) is 1. The quantitative estimate of drug-likeness (QED) is 0.847. The first-order valence-electron chi connectivity index (χ1n) is 6.53. The van der Waals surface area contributed by atoms with Crippen LogP contribution in [0.25, 0.3) is 0 Å². The van der Waals surface area contributed by atoms with Gasteiger partial charge in [0.05, 0.1) is 5.54 Å². The Morgan fingerprint density at radius 3 is 2.72 bits per heavy atom. The molecule has 0 amide bonds. The molecule has 0 spiro atoms. The van der Waals surface area contributed by atoms with Crippen molar-refractivity contribution in [2.45, 2.75) is 38.1 Å². The van der Waals surface area contributed by atoms with Gasteiger partial charge in [-0.3, -0.25) is 0 Å². The molecule has 1 aromatic heterocycles. The minimum atomic E-state index is -0.0825. The topological polar surface area (TPSA) is 73.1 Å². The van der Waals surface area contributed by atoms with E-state index in [-0.39, 0.29) is 5.54 Å². The van der Waals surface area contributed by atoms with Gasteiger partial charge in [-0.15, -0.1) is 0 Å². The van der Waals surface area contributed by atoms with Crippen molar-refractivity contribution in [3.05, 3.63) is 18.1 Å². The molecule has 1 aliphatic rings. The van der Waals surface area contributed by atoms with Gasteiger partial charge in [-0.1, -0.05) is 13.8 Å². The van der Waals surface area contributed by atoms with Crippen molar-refractivity contribution < 1.29 is 4.74 Å². The molecular formula is C13H22N4O. The van der Waals surface area contributed by atoms with E-state index in [4.69, 9.17) is 10.5 Å². The molecule has 1 saturated heterocycles. The zero-order valence-corrected chi connectivity index (χ0v) is 11.1. The third kappa shape index (κ3) is 2.97. The maximum atomic E-state index is 5.92. The molecule has 0 radical (unpaired) electrons. The lowest BCUT2D eigenvalue weighted by atomic mass is 9.90. The maximum Gasteiger partial charge on any atom is 0.130 e. The summed E-state index contributed by atoms with van der Waals surface area (Å²) in [6.45, 7) is 6.36. The van der Waals surface area contributed by atoms with Crippen LogP contribution in [0.4, 0.5) is 5.82 Å².